The average molecular weight is 241 g/mol. The number of hydrogen-bond donors (Lipinski definition) is 5. The van der Waals surface area contributed by atoms with E-state index in [2.05, 4.69) is 5.32 Å². The Morgan fingerprint density at radius 3 is 2.65 bits per heavy atom. The lowest BCUT2D eigenvalue weighted by Gasteiger charge is -2.11. The summed E-state index contributed by atoms with van der Waals surface area (Å²) in [6.45, 7) is -0.226. The number of phenolic OH excluding ortho intramolecular Hbond substituents is 2. The zero-order valence-electron chi connectivity index (χ0n) is 9.13. The first-order valence-corrected chi connectivity index (χ1v) is 5.12. The fourth-order valence-corrected chi connectivity index (χ4v) is 1.38. The summed E-state index contributed by atoms with van der Waals surface area (Å²) in [6.07, 6.45) is 0.351. The molecule has 0 amide bonds. The molecule has 5 N–H and O–H groups in total. The van der Waals surface area contributed by atoms with Gasteiger partial charge in [-0.05, 0) is 30.2 Å². The maximum Gasteiger partial charge on any atom is 0.323 e. The standard InChI is InChI=1S/C11H15NO5/c13-6-9(11(16)17)12-4-3-7-5-8(14)1-2-10(7)15/h1-2,5,9,12-15H,3-4,6H2,(H,16,17)/t9-/m0/s1. The Morgan fingerprint density at radius 1 is 1.35 bits per heavy atom. The second-order valence-electron chi connectivity index (χ2n) is 3.59. The predicted molar refractivity (Wildman–Crippen MR) is 60.0 cm³/mol. The second kappa shape index (κ2) is 6.07. The van der Waals surface area contributed by atoms with Gasteiger partial charge in [-0.1, -0.05) is 0 Å². The van der Waals surface area contributed by atoms with Crippen molar-refractivity contribution >= 4 is 5.97 Å². The lowest BCUT2D eigenvalue weighted by atomic mass is 10.1. The van der Waals surface area contributed by atoms with E-state index in [0.29, 0.717) is 12.0 Å². The van der Waals surface area contributed by atoms with Crippen molar-refractivity contribution < 1.29 is 25.2 Å². The highest BCUT2D eigenvalue weighted by Crippen LogP contribution is 2.22. The summed E-state index contributed by atoms with van der Waals surface area (Å²) in [5.74, 6) is -1.05. The molecule has 94 valence electrons. The van der Waals surface area contributed by atoms with Gasteiger partial charge in [0.05, 0.1) is 6.61 Å². The van der Waals surface area contributed by atoms with Gasteiger partial charge in [0.1, 0.15) is 17.5 Å². The Kier molecular flexibility index (Phi) is 4.74. The summed E-state index contributed by atoms with van der Waals surface area (Å²) in [5, 5.41) is 38.7. The highest BCUT2D eigenvalue weighted by atomic mass is 16.4. The number of carboxylic acids is 1. The molecular weight excluding hydrogens is 226 g/mol. The Hall–Kier alpha value is -1.79. The smallest absolute Gasteiger partial charge is 0.323 e. The lowest BCUT2D eigenvalue weighted by Crippen LogP contribution is -2.40. The number of rotatable bonds is 6. The van der Waals surface area contributed by atoms with Crippen LogP contribution >= 0.6 is 0 Å². The number of nitrogens with one attached hydrogen (secondary N) is 1. The molecule has 0 spiro atoms. The van der Waals surface area contributed by atoms with E-state index < -0.39 is 18.6 Å². The molecule has 1 aromatic carbocycles. The molecule has 0 bridgehead atoms. The fourth-order valence-electron chi connectivity index (χ4n) is 1.38. The van der Waals surface area contributed by atoms with Crippen molar-refractivity contribution in [3.63, 3.8) is 0 Å². The third-order valence-corrected chi connectivity index (χ3v) is 2.33. The molecule has 0 fully saturated rings. The molecule has 0 aliphatic heterocycles. The minimum atomic E-state index is -1.13. The van der Waals surface area contributed by atoms with Gasteiger partial charge in [-0.3, -0.25) is 4.79 Å². The fraction of sp³-hybridized carbons (Fsp3) is 0.364. The lowest BCUT2D eigenvalue weighted by molar-refractivity contribution is -0.140. The number of aliphatic carboxylic acids is 1. The number of carbonyl (C=O) groups is 1. The van der Waals surface area contributed by atoms with E-state index in [1.807, 2.05) is 0 Å². The van der Waals surface area contributed by atoms with E-state index in [0.717, 1.165) is 0 Å². The quantitative estimate of drug-likeness (QED) is 0.436. The molecule has 1 aromatic rings. The maximum atomic E-state index is 10.6. The summed E-state index contributed by atoms with van der Waals surface area (Å²) >= 11 is 0. The Balaban J connectivity index is 2.50. The van der Waals surface area contributed by atoms with Crippen molar-refractivity contribution in [2.45, 2.75) is 12.5 Å². The van der Waals surface area contributed by atoms with Crippen molar-refractivity contribution in [3.8, 4) is 11.5 Å². The van der Waals surface area contributed by atoms with Crippen LogP contribution in [0.2, 0.25) is 0 Å². The molecule has 6 nitrogen and oxygen atoms in total. The zero-order valence-corrected chi connectivity index (χ0v) is 9.13. The topological polar surface area (TPSA) is 110 Å². The second-order valence-corrected chi connectivity index (χ2v) is 3.59. The van der Waals surface area contributed by atoms with Crippen molar-refractivity contribution in [2.24, 2.45) is 0 Å². The van der Waals surface area contributed by atoms with Crippen LogP contribution in [0.25, 0.3) is 0 Å². The number of aliphatic hydroxyl groups excluding tert-OH is 1. The molecule has 0 aromatic heterocycles. The van der Waals surface area contributed by atoms with Crippen molar-refractivity contribution in [1.82, 2.24) is 5.32 Å². The first-order valence-electron chi connectivity index (χ1n) is 5.12. The maximum absolute atomic E-state index is 10.6. The van der Waals surface area contributed by atoms with Gasteiger partial charge in [0.15, 0.2) is 0 Å². The highest BCUT2D eigenvalue weighted by molar-refractivity contribution is 5.73. The van der Waals surface area contributed by atoms with Gasteiger partial charge in [-0.15, -0.1) is 0 Å². The zero-order chi connectivity index (χ0) is 12.8. The summed E-state index contributed by atoms with van der Waals surface area (Å²) < 4.78 is 0. The number of carboxylic acid groups (broad SMARTS) is 1. The Bertz CT molecular complexity index is 393. The Morgan fingerprint density at radius 2 is 2.06 bits per heavy atom. The molecule has 0 aliphatic carbocycles. The number of aliphatic hydroxyl groups is 1. The van der Waals surface area contributed by atoms with Crippen molar-refractivity contribution in [2.75, 3.05) is 13.2 Å². The number of hydrogen-bond acceptors (Lipinski definition) is 5. The number of aromatic hydroxyl groups is 2. The normalized spacial score (nSPS) is 12.3. The molecule has 0 saturated carbocycles. The number of phenols is 2. The van der Waals surface area contributed by atoms with Crippen LogP contribution in [0.3, 0.4) is 0 Å². The first kappa shape index (κ1) is 13.3. The van der Waals surface area contributed by atoms with Crippen LogP contribution in [-0.4, -0.2) is 45.6 Å². The molecule has 1 rings (SSSR count). The largest absolute Gasteiger partial charge is 0.508 e. The minimum Gasteiger partial charge on any atom is -0.508 e. The van der Waals surface area contributed by atoms with Gasteiger partial charge in [-0.2, -0.15) is 0 Å². The van der Waals surface area contributed by atoms with Crippen LogP contribution in [0.4, 0.5) is 0 Å². The highest BCUT2D eigenvalue weighted by Gasteiger charge is 2.14. The molecule has 17 heavy (non-hydrogen) atoms. The molecular formula is C11H15NO5. The van der Waals surface area contributed by atoms with Crippen LogP contribution in [0, 0.1) is 0 Å². The SMILES string of the molecule is O=C(O)[C@H](CO)NCCc1cc(O)ccc1O. The first-order chi connectivity index (χ1) is 8.04. The third kappa shape index (κ3) is 3.93. The van der Waals surface area contributed by atoms with E-state index in [9.17, 15) is 15.0 Å². The van der Waals surface area contributed by atoms with Gasteiger partial charge < -0.3 is 25.7 Å². The molecule has 0 aliphatic rings. The third-order valence-electron chi connectivity index (χ3n) is 2.33. The van der Waals surface area contributed by atoms with E-state index >= 15 is 0 Å². The summed E-state index contributed by atoms with van der Waals surface area (Å²) in [4.78, 5) is 10.6. The molecule has 0 heterocycles. The van der Waals surface area contributed by atoms with Gasteiger partial charge in [0, 0.05) is 6.54 Å². The molecule has 1 atom stereocenters. The summed E-state index contributed by atoms with van der Waals surface area (Å²) in [5.41, 5.74) is 0.513. The van der Waals surface area contributed by atoms with Gasteiger partial charge in [-0.25, -0.2) is 0 Å². The van der Waals surface area contributed by atoms with Gasteiger partial charge in [0.2, 0.25) is 0 Å². The van der Waals surface area contributed by atoms with Crippen molar-refractivity contribution in [3.05, 3.63) is 23.8 Å². The number of benzene rings is 1. The van der Waals surface area contributed by atoms with Crippen LogP contribution < -0.4 is 5.32 Å². The molecule has 0 radical (unpaired) electrons. The molecule has 6 heteroatoms. The van der Waals surface area contributed by atoms with Crippen LogP contribution in [0.5, 0.6) is 11.5 Å². The van der Waals surface area contributed by atoms with E-state index in [-0.39, 0.29) is 18.0 Å². The average Bonchev–Trinajstić information content (AvgIpc) is 2.28. The van der Waals surface area contributed by atoms with Gasteiger partial charge in [0.25, 0.3) is 0 Å². The van der Waals surface area contributed by atoms with E-state index in [1.165, 1.54) is 18.2 Å². The molecule has 0 saturated heterocycles. The van der Waals surface area contributed by atoms with Crippen molar-refractivity contribution in [1.29, 1.82) is 0 Å². The summed E-state index contributed by atoms with van der Waals surface area (Å²) in [6, 6.07) is 3.12. The van der Waals surface area contributed by atoms with E-state index in [4.69, 9.17) is 10.2 Å². The predicted octanol–water partition coefficient (Wildman–Crippen LogP) is -0.325. The molecule has 0 unspecified atom stereocenters. The summed E-state index contributed by atoms with van der Waals surface area (Å²) in [7, 11) is 0. The van der Waals surface area contributed by atoms with Crippen LogP contribution in [0.1, 0.15) is 5.56 Å². The Labute approximate surface area is 98.1 Å². The van der Waals surface area contributed by atoms with Gasteiger partial charge >= 0.3 is 5.97 Å². The van der Waals surface area contributed by atoms with Crippen LogP contribution in [-0.2, 0) is 11.2 Å². The minimum absolute atomic E-state index is 0.0368. The monoisotopic (exact) mass is 241 g/mol. The van der Waals surface area contributed by atoms with Crippen LogP contribution in [0.15, 0.2) is 18.2 Å². The van der Waals surface area contributed by atoms with E-state index in [1.54, 1.807) is 0 Å².